The average molecular weight is 416 g/mol. The van der Waals surface area contributed by atoms with Gasteiger partial charge in [-0.05, 0) is 51.7 Å². The molecule has 0 aromatic heterocycles. The molecule has 0 radical (unpaired) electrons. The topological polar surface area (TPSA) is 37.4 Å². The Bertz CT molecular complexity index is 371. The number of nitrogens with zero attached hydrogens (tertiary/aromatic N) is 3. The van der Waals surface area contributed by atoms with Crippen LogP contribution in [0.1, 0.15) is 48.5 Å². The van der Waals surface area contributed by atoms with Crippen molar-refractivity contribution in [1.29, 1.82) is 0 Å². The second kappa shape index (κ2) is 17.4. The SMILES string of the molecule is CC#C[Si](OCCN(CC)CC)(OCCN(CC)CC)OCCN(CC)CC. The van der Waals surface area contributed by atoms with Crippen LogP contribution in [-0.2, 0) is 13.3 Å². The van der Waals surface area contributed by atoms with Gasteiger partial charge in [0.1, 0.15) is 0 Å². The Balaban J connectivity index is 4.98. The highest BCUT2D eigenvalue weighted by Crippen LogP contribution is 2.10. The molecule has 0 aromatic rings. The molecule has 0 saturated carbocycles. The molecule has 0 amide bonds. The molecule has 0 rings (SSSR count). The molecule has 0 bridgehead atoms. The first-order valence-electron chi connectivity index (χ1n) is 11.1. The minimum atomic E-state index is -3.01. The van der Waals surface area contributed by atoms with Gasteiger partial charge in [0, 0.05) is 19.6 Å². The van der Waals surface area contributed by atoms with E-state index in [1.54, 1.807) is 0 Å². The van der Waals surface area contributed by atoms with Crippen LogP contribution < -0.4 is 0 Å². The maximum absolute atomic E-state index is 6.24. The van der Waals surface area contributed by atoms with Gasteiger partial charge < -0.3 is 28.0 Å². The average Bonchev–Trinajstić information content (AvgIpc) is 2.72. The Morgan fingerprint density at radius 1 is 0.571 bits per heavy atom. The van der Waals surface area contributed by atoms with Crippen LogP contribution in [0.25, 0.3) is 0 Å². The minimum absolute atomic E-state index is 0.582. The van der Waals surface area contributed by atoms with Crippen LogP contribution in [0.15, 0.2) is 0 Å². The highest BCUT2D eigenvalue weighted by atomic mass is 28.4. The van der Waals surface area contributed by atoms with Crippen LogP contribution in [0.5, 0.6) is 0 Å². The third-order valence-electron chi connectivity index (χ3n) is 5.06. The third-order valence-corrected chi connectivity index (χ3v) is 7.37. The molecule has 166 valence electrons. The van der Waals surface area contributed by atoms with Crippen molar-refractivity contribution in [2.24, 2.45) is 0 Å². The molecule has 0 atom stereocenters. The van der Waals surface area contributed by atoms with Crippen molar-refractivity contribution in [3.8, 4) is 11.5 Å². The van der Waals surface area contributed by atoms with Crippen molar-refractivity contribution in [2.75, 3.05) is 78.7 Å². The number of hydrogen-bond donors (Lipinski definition) is 0. The molecule has 0 aliphatic rings. The van der Waals surface area contributed by atoms with Gasteiger partial charge in [-0.25, -0.2) is 0 Å². The second-order valence-corrected chi connectivity index (χ2v) is 8.79. The largest absolute Gasteiger partial charge is 0.591 e. The van der Waals surface area contributed by atoms with Crippen LogP contribution >= 0.6 is 0 Å². The van der Waals surface area contributed by atoms with Gasteiger partial charge in [-0.2, -0.15) is 0 Å². The number of likely N-dealkylation sites (N-methyl/N-ethyl adjacent to an activating group) is 3. The third kappa shape index (κ3) is 11.5. The lowest BCUT2D eigenvalue weighted by Gasteiger charge is -2.28. The fourth-order valence-corrected chi connectivity index (χ4v) is 4.79. The zero-order valence-corrected chi connectivity index (χ0v) is 20.6. The molecule has 0 aromatic carbocycles. The maximum atomic E-state index is 6.24. The lowest BCUT2D eigenvalue weighted by atomic mass is 10.5. The predicted molar refractivity (Wildman–Crippen MR) is 120 cm³/mol. The minimum Gasteiger partial charge on any atom is -0.363 e. The molecule has 0 saturated heterocycles. The molecule has 6 nitrogen and oxygen atoms in total. The Morgan fingerprint density at radius 3 is 1.07 bits per heavy atom. The van der Waals surface area contributed by atoms with Crippen LogP contribution in [0.2, 0.25) is 0 Å². The van der Waals surface area contributed by atoms with E-state index in [0.29, 0.717) is 19.8 Å². The van der Waals surface area contributed by atoms with Gasteiger partial charge in [-0.3, -0.25) is 0 Å². The van der Waals surface area contributed by atoms with Crippen molar-refractivity contribution in [3.05, 3.63) is 0 Å². The Kier molecular flexibility index (Phi) is 17.1. The summed E-state index contributed by atoms with van der Waals surface area (Å²) in [7, 11) is -3.01. The zero-order valence-electron chi connectivity index (χ0n) is 19.6. The van der Waals surface area contributed by atoms with Crippen molar-refractivity contribution in [3.63, 3.8) is 0 Å². The Hall–Kier alpha value is -0.463. The van der Waals surface area contributed by atoms with Crippen molar-refractivity contribution in [2.45, 2.75) is 48.5 Å². The molecule has 0 N–H and O–H groups in total. The van der Waals surface area contributed by atoms with Gasteiger partial charge in [0.25, 0.3) is 0 Å². The van der Waals surface area contributed by atoms with Gasteiger partial charge in [-0.1, -0.05) is 41.5 Å². The molecule has 0 spiro atoms. The fraction of sp³-hybridized carbons (Fsp3) is 0.905. The zero-order chi connectivity index (χ0) is 21.3. The van der Waals surface area contributed by atoms with Crippen molar-refractivity contribution in [1.82, 2.24) is 14.7 Å². The summed E-state index contributed by atoms with van der Waals surface area (Å²) in [5, 5.41) is 0. The lowest BCUT2D eigenvalue weighted by molar-refractivity contribution is 0.0533. The Morgan fingerprint density at radius 2 is 0.857 bits per heavy atom. The quantitative estimate of drug-likeness (QED) is 0.253. The molecule has 7 heteroatoms. The van der Waals surface area contributed by atoms with Crippen LogP contribution in [0.4, 0.5) is 0 Å². The summed E-state index contributed by atoms with van der Waals surface area (Å²) in [6.45, 7) is 25.3. The van der Waals surface area contributed by atoms with E-state index in [-0.39, 0.29) is 0 Å². The van der Waals surface area contributed by atoms with E-state index < -0.39 is 8.80 Å². The summed E-state index contributed by atoms with van der Waals surface area (Å²) in [5.74, 6) is 3.00. The smallest absolute Gasteiger partial charge is 0.363 e. The van der Waals surface area contributed by atoms with E-state index in [1.165, 1.54) is 0 Å². The summed E-state index contributed by atoms with van der Waals surface area (Å²) in [6, 6.07) is 0. The first kappa shape index (κ1) is 27.5. The van der Waals surface area contributed by atoms with Gasteiger partial charge in [0.2, 0.25) is 0 Å². The summed E-state index contributed by atoms with van der Waals surface area (Å²) in [6.07, 6.45) is 0. The van der Waals surface area contributed by atoms with E-state index in [0.717, 1.165) is 58.9 Å². The second-order valence-electron chi connectivity index (χ2n) is 6.56. The van der Waals surface area contributed by atoms with Gasteiger partial charge >= 0.3 is 8.80 Å². The van der Waals surface area contributed by atoms with Crippen LogP contribution in [0, 0.1) is 11.5 Å². The first-order chi connectivity index (χ1) is 13.5. The van der Waals surface area contributed by atoms with E-state index in [4.69, 9.17) is 13.3 Å². The number of rotatable bonds is 18. The molecular weight excluding hydrogens is 370 g/mol. The Labute approximate surface area is 175 Å². The van der Waals surface area contributed by atoms with E-state index >= 15 is 0 Å². The van der Waals surface area contributed by atoms with Crippen molar-refractivity contribution < 1.29 is 13.3 Å². The van der Waals surface area contributed by atoms with Gasteiger partial charge in [-0.15, -0.1) is 5.92 Å². The summed E-state index contributed by atoms with van der Waals surface area (Å²) in [5.41, 5.74) is 3.19. The molecule has 0 aliphatic heterocycles. The fourth-order valence-electron chi connectivity index (χ4n) is 2.93. The standard InChI is InChI=1S/C21H45N3O3Si/c1-8-21-28(25-18-15-22(9-2)10-3,26-19-16-23(11-4)12-5)27-20-17-24(13-6)14-7/h9-20H2,1-7H3. The van der Waals surface area contributed by atoms with Crippen molar-refractivity contribution >= 4 is 8.80 Å². The summed E-state index contributed by atoms with van der Waals surface area (Å²) < 4.78 is 18.7. The highest BCUT2D eigenvalue weighted by molar-refractivity contribution is 6.69. The normalized spacial score (nSPS) is 12.1. The molecule has 0 fully saturated rings. The molecular formula is C21H45N3O3Si. The van der Waals surface area contributed by atoms with E-state index in [9.17, 15) is 0 Å². The maximum Gasteiger partial charge on any atom is 0.591 e. The summed E-state index contributed by atoms with van der Waals surface area (Å²) in [4.78, 5) is 7.01. The molecule has 0 aliphatic carbocycles. The number of hydrogen-bond acceptors (Lipinski definition) is 6. The summed E-state index contributed by atoms with van der Waals surface area (Å²) >= 11 is 0. The highest BCUT2D eigenvalue weighted by Gasteiger charge is 2.40. The van der Waals surface area contributed by atoms with Gasteiger partial charge in [0.15, 0.2) is 0 Å². The molecule has 0 unspecified atom stereocenters. The van der Waals surface area contributed by atoms with Gasteiger partial charge in [0.05, 0.1) is 19.8 Å². The van der Waals surface area contributed by atoms with E-state index in [1.807, 2.05) is 6.92 Å². The first-order valence-corrected chi connectivity index (χ1v) is 12.8. The lowest BCUT2D eigenvalue weighted by Crippen LogP contribution is -2.49. The molecule has 28 heavy (non-hydrogen) atoms. The monoisotopic (exact) mass is 415 g/mol. The predicted octanol–water partition coefficient (Wildman–Crippen LogP) is 2.56. The van der Waals surface area contributed by atoms with Crippen LogP contribution in [0.3, 0.4) is 0 Å². The molecule has 0 heterocycles. The van der Waals surface area contributed by atoms with E-state index in [2.05, 4.69) is 67.7 Å². The van der Waals surface area contributed by atoms with Crippen LogP contribution in [-0.4, -0.2) is 102 Å².